The first-order valence-corrected chi connectivity index (χ1v) is 32.1. The minimum absolute atomic E-state index is 0.222. The van der Waals surface area contributed by atoms with Gasteiger partial charge in [-0.1, -0.05) is 228 Å². The standard InChI is InChI=1S/C78H110N2/c1-43(2)55-35-65(47(9)10)75(66(36-55)48(11)12)59-29-60(76-67(49(13)14)37-56(44(3)4)38-68(76)50(15)16)32-63(31-59)79-73-27-25-26-28-74(73)80-64-33-61(77-69(51(17)18)39-57(45(5)6)40-70(77)52(19)20)30-62(34-64)78-71(53(21)22)41-58(46(7)8)42-72(78)54(23)24/h29-54,73-74,79-80H,25-28H2,1-24H3/t73-,74+. The summed E-state index contributed by atoms with van der Waals surface area (Å²) in [5, 5.41) is 8.77. The van der Waals surface area contributed by atoms with Crippen LogP contribution in [0.5, 0.6) is 0 Å². The molecule has 2 N–H and O–H groups in total. The number of anilines is 2. The largest absolute Gasteiger partial charge is 0.380 e. The topological polar surface area (TPSA) is 24.1 Å². The average Bonchev–Trinajstić information content (AvgIpc) is 3.39. The highest BCUT2D eigenvalue weighted by Crippen LogP contribution is 2.48. The predicted octanol–water partition coefficient (Wildman–Crippen LogP) is 24.7. The van der Waals surface area contributed by atoms with Crippen molar-refractivity contribution in [3.8, 4) is 44.5 Å². The fraction of sp³-hybridized carbons (Fsp3) is 0.538. The lowest BCUT2D eigenvalue weighted by Crippen LogP contribution is -2.41. The van der Waals surface area contributed by atoms with Crippen molar-refractivity contribution in [2.24, 2.45) is 0 Å². The first-order chi connectivity index (χ1) is 37.6. The van der Waals surface area contributed by atoms with Crippen LogP contribution in [0, 0.1) is 0 Å². The average molecular weight is 1080 g/mol. The third kappa shape index (κ3) is 13.7. The van der Waals surface area contributed by atoms with Crippen LogP contribution in [-0.2, 0) is 0 Å². The maximum absolute atomic E-state index is 4.39. The molecule has 0 unspecified atom stereocenters. The minimum Gasteiger partial charge on any atom is -0.380 e. The van der Waals surface area contributed by atoms with Gasteiger partial charge in [0.15, 0.2) is 0 Å². The van der Waals surface area contributed by atoms with Crippen molar-refractivity contribution in [2.75, 3.05) is 10.6 Å². The first kappa shape index (κ1) is 62.5. The molecule has 2 heteroatoms. The lowest BCUT2D eigenvalue weighted by atomic mass is 9.79. The van der Waals surface area contributed by atoms with Gasteiger partial charge in [-0.05, 0) is 232 Å². The fourth-order valence-corrected chi connectivity index (χ4v) is 13.1. The molecule has 432 valence electrons. The van der Waals surface area contributed by atoms with Crippen molar-refractivity contribution in [3.05, 3.63) is 152 Å². The van der Waals surface area contributed by atoms with E-state index in [9.17, 15) is 0 Å². The normalized spacial score (nSPS) is 15.4. The van der Waals surface area contributed by atoms with Crippen molar-refractivity contribution in [2.45, 2.75) is 275 Å². The Bertz CT molecular complexity index is 2570. The summed E-state index contributed by atoms with van der Waals surface area (Å²) in [5.41, 5.74) is 30.9. The van der Waals surface area contributed by atoms with Gasteiger partial charge in [0.25, 0.3) is 0 Å². The molecule has 1 aliphatic rings. The van der Waals surface area contributed by atoms with E-state index >= 15 is 0 Å². The molecule has 0 aromatic heterocycles. The fourth-order valence-electron chi connectivity index (χ4n) is 13.1. The van der Waals surface area contributed by atoms with E-state index in [1.807, 2.05) is 0 Å². The third-order valence-electron chi connectivity index (χ3n) is 18.0. The van der Waals surface area contributed by atoms with Crippen molar-refractivity contribution in [1.82, 2.24) is 0 Å². The molecule has 1 aliphatic carbocycles. The van der Waals surface area contributed by atoms with Crippen LogP contribution in [0.15, 0.2) is 84.9 Å². The Balaban J connectivity index is 1.48. The number of nitrogens with one attached hydrogen (secondary N) is 2. The molecule has 0 amide bonds. The van der Waals surface area contributed by atoms with Gasteiger partial charge in [0.05, 0.1) is 0 Å². The maximum Gasteiger partial charge on any atom is 0.0462 e. The summed E-state index contributed by atoms with van der Waals surface area (Å²) in [6, 6.07) is 36.0. The van der Waals surface area contributed by atoms with Crippen molar-refractivity contribution < 1.29 is 0 Å². The molecule has 0 saturated heterocycles. The second-order valence-corrected chi connectivity index (χ2v) is 28.5. The summed E-state index contributed by atoms with van der Waals surface area (Å²) >= 11 is 0. The van der Waals surface area contributed by atoms with E-state index < -0.39 is 0 Å². The Hall–Kier alpha value is -5.08. The smallest absolute Gasteiger partial charge is 0.0462 e. The van der Waals surface area contributed by atoms with Crippen LogP contribution in [0.1, 0.15) is 330 Å². The van der Waals surface area contributed by atoms with Crippen LogP contribution in [-0.4, -0.2) is 12.1 Å². The van der Waals surface area contributed by atoms with Gasteiger partial charge in [-0.25, -0.2) is 0 Å². The quantitative estimate of drug-likeness (QED) is 0.0796. The zero-order valence-electron chi connectivity index (χ0n) is 55.0. The van der Waals surface area contributed by atoms with Crippen molar-refractivity contribution >= 4 is 11.4 Å². The summed E-state index contributed by atoms with van der Waals surface area (Å²) in [6.07, 6.45) is 4.63. The van der Waals surface area contributed by atoms with Gasteiger partial charge in [-0.2, -0.15) is 0 Å². The molecule has 1 fully saturated rings. The van der Waals surface area contributed by atoms with Crippen LogP contribution >= 0.6 is 0 Å². The van der Waals surface area contributed by atoms with E-state index in [0.717, 1.165) is 12.8 Å². The van der Waals surface area contributed by atoms with Crippen LogP contribution in [0.2, 0.25) is 0 Å². The molecule has 2 nitrogen and oxygen atoms in total. The Labute approximate surface area is 490 Å². The molecule has 80 heavy (non-hydrogen) atoms. The lowest BCUT2D eigenvalue weighted by molar-refractivity contribution is 0.424. The molecular weight excluding hydrogens is 965 g/mol. The van der Waals surface area contributed by atoms with E-state index in [4.69, 9.17) is 0 Å². The highest BCUT2D eigenvalue weighted by Gasteiger charge is 2.30. The lowest BCUT2D eigenvalue weighted by Gasteiger charge is -2.35. The Kier molecular flexibility index (Phi) is 20.3. The third-order valence-corrected chi connectivity index (χ3v) is 18.0. The van der Waals surface area contributed by atoms with E-state index in [2.05, 4.69) is 262 Å². The van der Waals surface area contributed by atoms with E-state index in [1.165, 1.54) is 135 Å². The molecule has 0 bridgehead atoms. The first-order valence-electron chi connectivity index (χ1n) is 32.1. The second kappa shape index (κ2) is 26.0. The van der Waals surface area contributed by atoms with E-state index in [0.29, 0.717) is 71.0 Å². The van der Waals surface area contributed by atoms with E-state index in [-0.39, 0.29) is 12.1 Å². The predicted molar refractivity (Wildman–Crippen MR) is 357 cm³/mol. The zero-order valence-corrected chi connectivity index (χ0v) is 55.0. The van der Waals surface area contributed by atoms with Crippen molar-refractivity contribution in [3.63, 3.8) is 0 Å². The van der Waals surface area contributed by atoms with Gasteiger partial charge in [-0.15, -0.1) is 0 Å². The zero-order chi connectivity index (χ0) is 58.9. The van der Waals surface area contributed by atoms with Gasteiger partial charge in [0, 0.05) is 23.5 Å². The van der Waals surface area contributed by atoms with Crippen LogP contribution in [0.3, 0.4) is 0 Å². The van der Waals surface area contributed by atoms with Gasteiger partial charge in [0.1, 0.15) is 0 Å². The summed E-state index contributed by atoms with van der Waals surface area (Å²) in [6.45, 7) is 57.2. The number of hydrogen-bond acceptors (Lipinski definition) is 2. The molecule has 0 aliphatic heterocycles. The minimum atomic E-state index is 0.222. The number of rotatable bonds is 20. The highest BCUT2D eigenvalue weighted by molar-refractivity contribution is 5.86. The summed E-state index contributed by atoms with van der Waals surface area (Å²) in [7, 11) is 0. The molecule has 1 saturated carbocycles. The molecule has 2 atom stereocenters. The molecule has 6 aromatic rings. The monoisotopic (exact) mass is 1070 g/mol. The Morgan fingerprint density at radius 2 is 0.412 bits per heavy atom. The van der Waals surface area contributed by atoms with Crippen molar-refractivity contribution in [1.29, 1.82) is 0 Å². The summed E-state index contributed by atoms with van der Waals surface area (Å²) in [4.78, 5) is 0. The van der Waals surface area contributed by atoms with Gasteiger partial charge < -0.3 is 10.6 Å². The van der Waals surface area contributed by atoms with Crippen LogP contribution in [0.25, 0.3) is 44.5 Å². The summed E-state index contributed by atoms with van der Waals surface area (Å²) in [5.74, 6) is 4.82. The number of hydrogen-bond donors (Lipinski definition) is 2. The maximum atomic E-state index is 4.39. The molecular formula is C78H110N2. The van der Waals surface area contributed by atoms with Gasteiger partial charge in [0.2, 0.25) is 0 Å². The Morgan fingerprint density at radius 3 is 0.562 bits per heavy atom. The van der Waals surface area contributed by atoms with Crippen LogP contribution in [0.4, 0.5) is 11.4 Å². The molecule has 0 heterocycles. The van der Waals surface area contributed by atoms with Gasteiger partial charge in [-0.3, -0.25) is 0 Å². The van der Waals surface area contributed by atoms with E-state index in [1.54, 1.807) is 0 Å². The number of benzene rings is 6. The highest BCUT2D eigenvalue weighted by atomic mass is 15.0. The molecule has 0 spiro atoms. The Morgan fingerprint density at radius 1 is 0.237 bits per heavy atom. The summed E-state index contributed by atoms with van der Waals surface area (Å²) < 4.78 is 0. The molecule has 0 radical (unpaired) electrons. The molecule has 6 aromatic carbocycles. The van der Waals surface area contributed by atoms with Crippen LogP contribution < -0.4 is 10.6 Å². The SMILES string of the molecule is CC(C)c1cc(C(C)C)c(-c2cc(N[C@H]3CCCC[C@H]3Nc3cc(-c4c(C(C)C)cc(C(C)C)cc4C(C)C)cc(-c4c(C(C)C)cc(C(C)C)cc4C(C)C)c3)cc(-c3c(C(C)C)cc(C(C)C)cc3C(C)C)c2)c(C(C)C)c1. The molecule has 7 rings (SSSR count). The van der Waals surface area contributed by atoms with Gasteiger partial charge >= 0.3 is 0 Å². The second-order valence-electron chi connectivity index (χ2n) is 28.5.